The smallest absolute Gasteiger partial charge is 0.246 e. The van der Waals surface area contributed by atoms with E-state index in [1.807, 2.05) is 41.5 Å². The van der Waals surface area contributed by atoms with Crippen LogP contribution in [0.5, 0.6) is 0 Å². The van der Waals surface area contributed by atoms with Gasteiger partial charge in [0.05, 0.1) is 12.6 Å². The van der Waals surface area contributed by atoms with Gasteiger partial charge in [0.2, 0.25) is 65.0 Å². The summed E-state index contributed by atoms with van der Waals surface area (Å²) in [6.07, 6.45) is 2.88. The summed E-state index contributed by atoms with van der Waals surface area (Å²) in [4.78, 5) is 167. The molecule has 23 heteroatoms. The molecule has 0 aromatic heterocycles. The first-order chi connectivity index (χ1) is 37.8. The summed E-state index contributed by atoms with van der Waals surface area (Å²) in [6, 6.07) is -12.3. The average Bonchev–Trinajstić information content (AvgIpc) is 3.40. The number of carbonyl (C=O) groups excluding carboxylic acids is 11. The van der Waals surface area contributed by atoms with Gasteiger partial charge in [-0.1, -0.05) is 95.2 Å². The second-order valence-corrected chi connectivity index (χ2v) is 24.6. The van der Waals surface area contributed by atoms with Crippen LogP contribution in [0.3, 0.4) is 0 Å². The number of nitrogens with zero attached hydrogens (tertiary/aromatic N) is 7. The normalized spacial score (nSPS) is 27.4. The maximum Gasteiger partial charge on any atom is 0.246 e. The minimum Gasteiger partial charge on any atom is -0.390 e. The zero-order valence-electron chi connectivity index (χ0n) is 53.8. The van der Waals surface area contributed by atoms with Crippen molar-refractivity contribution in [3.8, 4) is 0 Å². The van der Waals surface area contributed by atoms with Crippen LogP contribution in [0.1, 0.15) is 143 Å². The fourth-order valence-corrected chi connectivity index (χ4v) is 10.0. The molecule has 23 nitrogen and oxygen atoms in total. The van der Waals surface area contributed by atoms with Gasteiger partial charge in [-0.15, -0.1) is 0 Å². The van der Waals surface area contributed by atoms with Gasteiger partial charge in [-0.05, 0) is 95.3 Å². The fourth-order valence-electron chi connectivity index (χ4n) is 10.0. The third kappa shape index (κ3) is 20.1. The first-order valence-corrected chi connectivity index (χ1v) is 29.2. The van der Waals surface area contributed by atoms with Gasteiger partial charge >= 0.3 is 0 Å². The van der Waals surface area contributed by atoms with Gasteiger partial charge in [-0.25, -0.2) is 0 Å². The molecule has 1 aliphatic rings. The molecule has 0 unspecified atom stereocenters. The lowest BCUT2D eigenvalue weighted by atomic mass is 9.91. The van der Waals surface area contributed by atoms with E-state index < -0.39 is 156 Å². The van der Waals surface area contributed by atoms with Gasteiger partial charge in [0.15, 0.2) is 0 Å². The molecular formula is C59H105N11O12. The SMILES string of the molecule is C/C=C/C[C@@H](C)[C@@H](O)[C@H]1C(=O)N[C@@H](CC)C(=O)N(C)CC(=O)N(C)[C@@H](C)C(=O)N[C@@H](C(C)C)C(=O)N(C)[C@@H](CC(C)C)C(=O)N[C@@H](C)C(=O)N[C@H](C)C(=O)N(C)[C@@H](CC(C)C)C(=O)N(C)[C@@H](CC(C)C)C(=O)N(C)[C@@H](C(C)C)C(=O)N1C. The Kier molecular flexibility index (Phi) is 29.9. The van der Waals surface area contributed by atoms with Crippen molar-refractivity contribution < 1.29 is 57.8 Å². The molecule has 0 bridgehead atoms. The standard InChI is InChI=1S/C59H105N11O12/c1-24-26-27-37(13)49(72)48-53(76)62-41(25-2)55(78)64(17)31-45(71)65(18)40(16)51(74)63-46(35(9)10)58(81)66(19)42(28-32(3)4)52(75)60-38(14)50(73)61-39(15)54(77)67(20)43(29-33(5)6)56(79)68(21)44(30-34(7)8)57(80)69(22)47(36(11)12)59(82)70(48)23/h24,26,32-44,46-49,72H,25,27-31H2,1-23H3,(H,60,75)(H,61,73)(H,62,76)(H,63,74)/b26-24+/t37-,38+,39-,40+,41+,42+,43+,44+,46+,47+,48+,49-/m1/s1. The number of carbonyl (C=O) groups is 11. The minimum absolute atomic E-state index is 0.0233. The van der Waals surface area contributed by atoms with E-state index in [1.165, 1.54) is 89.7 Å². The van der Waals surface area contributed by atoms with Crippen LogP contribution in [0.2, 0.25) is 0 Å². The Labute approximate surface area is 489 Å². The third-order valence-corrected chi connectivity index (χ3v) is 15.6. The molecule has 0 radical (unpaired) electrons. The second-order valence-electron chi connectivity index (χ2n) is 24.6. The van der Waals surface area contributed by atoms with Crippen molar-refractivity contribution in [2.75, 3.05) is 55.9 Å². The number of hydrogen-bond donors (Lipinski definition) is 5. The number of rotatable bonds is 13. The lowest BCUT2D eigenvalue weighted by molar-refractivity contribution is -0.157. The van der Waals surface area contributed by atoms with E-state index in [4.69, 9.17) is 0 Å². The molecule has 0 spiro atoms. The molecule has 0 aromatic carbocycles. The molecule has 12 atom stereocenters. The number of aliphatic hydroxyl groups excluding tert-OH is 1. The molecule has 0 aliphatic carbocycles. The van der Waals surface area contributed by atoms with E-state index in [0.717, 1.165) is 14.7 Å². The predicted molar refractivity (Wildman–Crippen MR) is 315 cm³/mol. The van der Waals surface area contributed by atoms with Crippen molar-refractivity contribution in [2.45, 2.75) is 209 Å². The zero-order chi connectivity index (χ0) is 63.7. The van der Waals surface area contributed by atoms with Crippen molar-refractivity contribution in [1.29, 1.82) is 0 Å². The minimum atomic E-state index is -1.61. The molecular weight excluding hydrogens is 1050 g/mol. The number of nitrogens with one attached hydrogen (secondary N) is 4. The lowest BCUT2D eigenvalue weighted by Crippen LogP contribution is -2.63. The molecule has 82 heavy (non-hydrogen) atoms. The van der Waals surface area contributed by atoms with Gasteiger partial charge in [-0.2, -0.15) is 0 Å². The van der Waals surface area contributed by atoms with Crippen molar-refractivity contribution in [3.63, 3.8) is 0 Å². The molecule has 1 rings (SSSR count). The summed E-state index contributed by atoms with van der Waals surface area (Å²) >= 11 is 0. The number of aliphatic hydroxyl groups is 1. The molecule has 468 valence electrons. The largest absolute Gasteiger partial charge is 0.390 e. The van der Waals surface area contributed by atoms with Gasteiger partial charge in [-0.3, -0.25) is 52.7 Å². The Morgan fingerprint density at radius 1 is 0.488 bits per heavy atom. The van der Waals surface area contributed by atoms with E-state index in [-0.39, 0.29) is 43.4 Å². The molecule has 1 saturated heterocycles. The first-order valence-electron chi connectivity index (χ1n) is 29.2. The number of likely N-dealkylation sites (N-methyl/N-ethyl adjacent to an activating group) is 7. The molecule has 0 aromatic rings. The van der Waals surface area contributed by atoms with Crippen LogP contribution < -0.4 is 21.3 Å². The number of allylic oxidation sites excluding steroid dienone is 2. The van der Waals surface area contributed by atoms with Crippen molar-refractivity contribution in [2.24, 2.45) is 35.5 Å². The van der Waals surface area contributed by atoms with Crippen LogP contribution in [-0.2, 0) is 52.7 Å². The molecule has 5 N–H and O–H groups in total. The van der Waals surface area contributed by atoms with Crippen molar-refractivity contribution in [1.82, 2.24) is 55.6 Å². The Balaban J connectivity index is 4.23. The highest BCUT2D eigenvalue weighted by molar-refractivity contribution is 5.99. The van der Waals surface area contributed by atoms with Crippen LogP contribution in [0.4, 0.5) is 0 Å². The topological polar surface area (TPSA) is 279 Å². The van der Waals surface area contributed by atoms with Crippen LogP contribution in [0, 0.1) is 35.5 Å². The summed E-state index contributed by atoms with van der Waals surface area (Å²) in [5, 5.41) is 22.8. The maximum absolute atomic E-state index is 15.1. The highest BCUT2D eigenvalue weighted by Crippen LogP contribution is 2.25. The predicted octanol–water partition coefficient (Wildman–Crippen LogP) is 2.24. The Bertz CT molecular complexity index is 2260. The van der Waals surface area contributed by atoms with Crippen LogP contribution in [0.25, 0.3) is 0 Å². The highest BCUT2D eigenvalue weighted by atomic mass is 16.3. The van der Waals surface area contributed by atoms with Gasteiger partial charge in [0, 0.05) is 49.3 Å². The Morgan fingerprint density at radius 2 is 0.939 bits per heavy atom. The second kappa shape index (κ2) is 33.2. The van der Waals surface area contributed by atoms with Crippen LogP contribution >= 0.6 is 0 Å². The van der Waals surface area contributed by atoms with Gasteiger partial charge in [0.25, 0.3) is 0 Å². The summed E-state index contributed by atoms with van der Waals surface area (Å²) in [5.74, 6) is -9.66. The average molecular weight is 1160 g/mol. The summed E-state index contributed by atoms with van der Waals surface area (Å²) in [5.41, 5.74) is 0. The van der Waals surface area contributed by atoms with Crippen LogP contribution in [-0.4, -0.2) is 227 Å². The van der Waals surface area contributed by atoms with E-state index in [2.05, 4.69) is 21.3 Å². The van der Waals surface area contributed by atoms with E-state index in [1.54, 1.807) is 60.6 Å². The number of hydrogen-bond acceptors (Lipinski definition) is 12. The van der Waals surface area contributed by atoms with Crippen molar-refractivity contribution in [3.05, 3.63) is 12.2 Å². The maximum atomic E-state index is 15.1. The highest BCUT2D eigenvalue weighted by Gasteiger charge is 2.45. The molecule has 1 heterocycles. The first kappa shape index (κ1) is 73.9. The third-order valence-electron chi connectivity index (χ3n) is 15.6. The number of amides is 11. The monoisotopic (exact) mass is 1160 g/mol. The lowest BCUT2D eigenvalue weighted by Gasteiger charge is -2.41. The zero-order valence-corrected chi connectivity index (χ0v) is 53.8. The van der Waals surface area contributed by atoms with E-state index >= 15 is 9.59 Å². The molecule has 11 amide bonds. The summed E-state index contributed by atoms with van der Waals surface area (Å²) in [6.45, 7) is 26.9. The molecule has 1 aliphatic heterocycles. The summed E-state index contributed by atoms with van der Waals surface area (Å²) < 4.78 is 0. The van der Waals surface area contributed by atoms with E-state index in [9.17, 15) is 48.3 Å². The Morgan fingerprint density at radius 3 is 1.40 bits per heavy atom. The quantitative estimate of drug-likeness (QED) is 0.166. The van der Waals surface area contributed by atoms with Crippen molar-refractivity contribution >= 4 is 65.0 Å². The van der Waals surface area contributed by atoms with E-state index in [0.29, 0.717) is 6.42 Å². The van der Waals surface area contributed by atoms with Crippen LogP contribution in [0.15, 0.2) is 12.2 Å². The van der Waals surface area contributed by atoms with Gasteiger partial charge < -0.3 is 60.7 Å². The molecule has 0 saturated carbocycles. The fraction of sp³-hybridized carbons (Fsp3) is 0.780. The van der Waals surface area contributed by atoms with Gasteiger partial charge in [0.1, 0.15) is 60.4 Å². The molecule has 1 fully saturated rings. The summed E-state index contributed by atoms with van der Waals surface area (Å²) in [7, 11) is 9.80. The Hall–Kier alpha value is -6.13.